The van der Waals surface area contributed by atoms with Crippen LogP contribution in [0.25, 0.3) is 21.8 Å². The van der Waals surface area contributed by atoms with E-state index in [2.05, 4.69) is 21.8 Å². The van der Waals surface area contributed by atoms with Gasteiger partial charge in [-0.05, 0) is 79.7 Å². The summed E-state index contributed by atoms with van der Waals surface area (Å²) in [5, 5.41) is 1.93. The molecule has 1 N–H and O–H groups in total. The summed E-state index contributed by atoms with van der Waals surface area (Å²) >= 11 is 0. The van der Waals surface area contributed by atoms with Gasteiger partial charge in [-0.2, -0.15) is 0 Å². The van der Waals surface area contributed by atoms with E-state index >= 15 is 0 Å². The largest absolute Gasteiger partial charge is 0.457 e. The van der Waals surface area contributed by atoms with Crippen molar-refractivity contribution in [3.05, 3.63) is 142 Å². The molecule has 6 aromatic rings. The van der Waals surface area contributed by atoms with E-state index in [-0.39, 0.29) is 18.3 Å². The molecule has 0 unspecified atom stereocenters. The molecule has 0 amide bonds. The summed E-state index contributed by atoms with van der Waals surface area (Å²) in [6.45, 7) is 5.58. The molecule has 0 saturated heterocycles. The second-order valence-corrected chi connectivity index (χ2v) is 15.9. The third-order valence-electron chi connectivity index (χ3n) is 10.00. The second kappa shape index (κ2) is 15.4. The fourth-order valence-corrected chi connectivity index (χ4v) is 8.37. The number of hydrogen-bond donors (Lipinski definition) is 1. The van der Waals surface area contributed by atoms with Gasteiger partial charge in [0.15, 0.2) is 0 Å². The van der Waals surface area contributed by atoms with Gasteiger partial charge in [0.25, 0.3) is 0 Å². The number of likely N-dealkylation sites (N-methyl/N-ethyl adjacent to an activating group) is 2. The molecule has 0 bridgehead atoms. The first-order chi connectivity index (χ1) is 25.6. The summed E-state index contributed by atoms with van der Waals surface area (Å²) in [7, 11) is 0.699. The van der Waals surface area contributed by atoms with Gasteiger partial charge in [-0.3, -0.25) is 0 Å². The Labute approximate surface area is 310 Å². The van der Waals surface area contributed by atoms with Crippen molar-refractivity contribution in [3.8, 4) is 0 Å². The van der Waals surface area contributed by atoms with E-state index in [0.717, 1.165) is 64.7 Å². The molecule has 2 aromatic heterocycles. The number of nitrogens with one attached hydrogen (secondary N) is 1. The number of aromatic nitrogens is 2. The Bertz CT molecular complexity index is 2380. The van der Waals surface area contributed by atoms with Crippen molar-refractivity contribution in [3.63, 3.8) is 0 Å². The first-order valence-electron chi connectivity index (χ1n) is 17.9. The average Bonchev–Trinajstić information content (AvgIpc) is 3.71. The third kappa shape index (κ3) is 7.78. The van der Waals surface area contributed by atoms with Gasteiger partial charge in [0.1, 0.15) is 13.2 Å². The third-order valence-corrected chi connectivity index (χ3v) is 11.7. The summed E-state index contributed by atoms with van der Waals surface area (Å²) in [4.78, 5) is 32.9. The van der Waals surface area contributed by atoms with Crippen LogP contribution >= 0.6 is 0 Å². The van der Waals surface area contributed by atoms with Crippen LogP contribution < -0.4 is 0 Å². The zero-order chi connectivity index (χ0) is 37.1. The van der Waals surface area contributed by atoms with Gasteiger partial charge in [-0.15, -0.1) is 0 Å². The van der Waals surface area contributed by atoms with E-state index in [9.17, 15) is 18.0 Å². The SMILES string of the molecule is CCS(=O)(=O)n1c2c(c3cc(C(=O)OCc4ccccc4)ccc31)CN(C)CC2.CN1CCc2[nH]c3ccc(C(=O)OCc4ccccc4)cc3c2C1. The van der Waals surface area contributed by atoms with Gasteiger partial charge < -0.3 is 24.3 Å². The molecule has 4 heterocycles. The normalized spacial score (nSPS) is 14.6. The molecule has 0 atom stereocenters. The van der Waals surface area contributed by atoms with Crippen molar-refractivity contribution in [2.45, 2.75) is 46.1 Å². The van der Waals surface area contributed by atoms with Crippen LogP contribution in [0.2, 0.25) is 0 Å². The van der Waals surface area contributed by atoms with E-state index < -0.39 is 16.0 Å². The van der Waals surface area contributed by atoms with Crippen molar-refractivity contribution in [2.24, 2.45) is 0 Å². The molecule has 4 aromatic carbocycles. The van der Waals surface area contributed by atoms with Gasteiger partial charge in [-0.25, -0.2) is 22.0 Å². The molecule has 10 nitrogen and oxygen atoms in total. The number of aromatic amines is 1. The Balaban J connectivity index is 0.000000167. The number of benzene rings is 4. The maximum absolute atomic E-state index is 12.8. The quantitative estimate of drug-likeness (QED) is 0.172. The molecule has 274 valence electrons. The van der Waals surface area contributed by atoms with Gasteiger partial charge >= 0.3 is 11.9 Å². The molecule has 0 saturated carbocycles. The highest BCUT2D eigenvalue weighted by atomic mass is 32.2. The number of nitrogens with zero attached hydrogens (tertiary/aromatic N) is 3. The Morgan fingerprint density at radius 1 is 0.698 bits per heavy atom. The van der Waals surface area contributed by atoms with Crippen LogP contribution in [0, 0.1) is 0 Å². The van der Waals surface area contributed by atoms with Crippen molar-refractivity contribution in [1.82, 2.24) is 18.8 Å². The van der Waals surface area contributed by atoms with Crippen LogP contribution in [-0.2, 0) is 58.6 Å². The zero-order valence-electron chi connectivity index (χ0n) is 30.3. The lowest BCUT2D eigenvalue weighted by Crippen LogP contribution is -2.29. The number of ether oxygens (including phenoxy) is 2. The first-order valence-corrected chi connectivity index (χ1v) is 19.5. The molecular weight excluding hydrogens is 689 g/mol. The predicted molar refractivity (Wildman–Crippen MR) is 206 cm³/mol. The predicted octanol–water partition coefficient (Wildman–Crippen LogP) is 6.70. The number of hydrogen-bond acceptors (Lipinski definition) is 8. The average molecular weight is 733 g/mol. The molecule has 8 rings (SSSR count). The zero-order valence-corrected chi connectivity index (χ0v) is 31.1. The number of H-pyrrole nitrogens is 1. The second-order valence-electron chi connectivity index (χ2n) is 13.8. The Morgan fingerprint density at radius 2 is 1.25 bits per heavy atom. The summed E-state index contributed by atoms with van der Waals surface area (Å²) in [6, 6.07) is 30.2. The lowest BCUT2D eigenvalue weighted by molar-refractivity contribution is 0.0464. The van der Waals surface area contributed by atoms with Crippen LogP contribution in [-0.4, -0.2) is 72.1 Å². The molecular formula is C42H44N4O6S. The monoisotopic (exact) mass is 732 g/mol. The lowest BCUT2D eigenvalue weighted by atomic mass is 10.0. The van der Waals surface area contributed by atoms with Crippen molar-refractivity contribution in [2.75, 3.05) is 32.9 Å². The summed E-state index contributed by atoms with van der Waals surface area (Å²) in [5.74, 6) is -0.667. The summed E-state index contributed by atoms with van der Waals surface area (Å²) < 4.78 is 37.9. The highest BCUT2D eigenvalue weighted by Gasteiger charge is 2.28. The Hall–Kier alpha value is -5.23. The number of fused-ring (bicyclic) bond motifs is 6. The highest BCUT2D eigenvalue weighted by Crippen LogP contribution is 2.33. The van der Waals surface area contributed by atoms with Crippen LogP contribution in [0.5, 0.6) is 0 Å². The molecule has 53 heavy (non-hydrogen) atoms. The fourth-order valence-electron chi connectivity index (χ4n) is 7.12. The molecule has 2 aliphatic heterocycles. The van der Waals surface area contributed by atoms with E-state index in [1.807, 2.05) is 85.9 Å². The van der Waals surface area contributed by atoms with Crippen LogP contribution in [0.1, 0.15) is 61.3 Å². The van der Waals surface area contributed by atoms with Crippen LogP contribution in [0.15, 0.2) is 97.1 Å². The highest BCUT2D eigenvalue weighted by molar-refractivity contribution is 7.90. The maximum Gasteiger partial charge on any atom is 0.338 e. The number of rotatable bonds is 8. The van der Waals surface area contributed by atoms with Crippen molar-refractivity contribution in [1.29, 1.82) is 0 Å². The smallest absolute Gasteiger partial charge is 0.338 e. The minimum atomic E-state index is -3.44. The fraction of sp³-hybridized carbons (Fsp3) is 0.286. The van der Waals surface area contributed by atoms with Crippen molar-refractivity contribution >= 4 is 43.8 Å². The van der Waals surface area contributed by atoms with E-state index in [0.29, 0.717) is 36.2 Å². The van der Waals surface area contributed by atoms with Gasteiger partial charge in [-0.1, -0.05) is 60.7 Å². The van der Waals surface area contributed by atoms with Crippen LogP contribution in [0.3, 0.4) is 0 Å². The molecule has 0 radical (unpaired) electrons. The molecule has 0 aliphatic carbocycles. The molecule has 2 aliphatic rings. The van der Waals surface area contributed by atoms with E-state index in [1.54, 1.807) is 25.1 Å². The number of carbonyl (C=O) groups is 2. The van der Waals surface area contributed by atoms with Crippen molar-refractivity contribution < 1.29 is 27.5 Å². The molecule has 0 fully saturated rings. The van der Waals surface area contributed by atoms with Crippen LogP contribution in [0.4, 0.5) is 0 Å². The number of esters is 2. The maximum atomic E-state index is 12.8. The minimum absolute atomic E-state index is 0.0277. The summed E-state index contributed by atoms with van der Waals surface area (Å²) in [6.07, 6.45) is 1.68. The lowest BCUT2D eigenvalue weighted by Gasteiger charge is -2.24. The van der Waals surface area contributed by atoms with Gasteiger partial charge in [0.05, 0.1) is 22.4 Å². The molecule has 11 heteroatoms. The van der Waals surface area contributed by atoms with Gasteiger partial charge in [0.2, 0.25) is 10.0 Å². The molecule has 0 spiro atoms. The Kier molecular flexibility index (Phi) is 10.5. The Morgan fingerprint density at radius 3 is 1.85 bits per heavy atom. The van der Waals surface area contributed by atoms with Gasteiger partial charge in [0, 0.05) is 66.7 Å². The van der Waals surface area contributed by atoms with E-state index in [4.69, 9.17) is 9.47 Å². The number of carbonyl (C=O) groups excluding carboxylic acids is 2. The first kappa shape index (κ1) is 36.1. The minimum Gasteiger partial charge on any atom is -0.457 e. The standard InChI is InChI=1S/C22H24N2O4S.C20H20N2O2/c1-3-29(26,27)24-20-10-9-17(22(25)28-15-16-7-5-4-6-8-16)13-18(20)19-14-23(2)12-11-21(19)24;1-22-10-9-19-17(12-22)16-11-15(7-8-18(16)21-19)20(23)24-13-14-5-3-2-4-6-14/h4-10,13H,3,11-12,14-15H2,1-2H3;2-8,11,21H,9-10,12-13H2,1H3. The van der Waals surface area contributed by atoms with E-state index in [1.165, 1.54) is 15.2 Å². The summed E-state index contributed by atoms with van der Waals surface area (Å²) in [5.41, 5.74) is 9.06. The topological polar surface area (TPSA) is 114 Å².